The molecule has 1 aromatic heterocycles. The van der Waals surface area contributed by atoms with E-state index in [-0.39, 0.29) is 5.92 Å². The Hall–Kier alpha value is -1.34. The molecular weight excluding hydrogens is 200 g/mol. The molecule has 1 aliphatic heterocycles. The van der Waals surface area contributed by atoms with E-state index in [1.54, 1.807) is 0 Å². The SMILES string of the molecule is Cn1ccnc1CCN1CCC(C#N)CC1. The van der Waals surface area contributed by atoms with Crippen LogP contribution in [0.15, 0.2) is 12.4 Å². The van der Waals surface area contributed by atoms with Gasteiger partial charge in [-0.25, -0.2) is 4.98 Å². The maximum Gasteiger partial charge on any atom is 0.109 e. The molecule has 2 heterocycles. The molecule has 1 fully saturated rings. The van der Waals surface area contributed by atoms with E-state index < -0.39 is 0 Å². The summed E-state index contributed by atoms with van der Waals surface area (Å²) in [6.45, 7) is 3.17. The first kappa shape index (κ1) is 11.2. The summed E-state index contributed by atoms with van der Waals surface area (Å²) in [5, 5.41) is 8.81. The summed E-state index contributed by atoms with van der Waals surface area (Å²) in [7, 11) is 2.03. The predicted octanol–water partition coefficient (Wildman–Crippen LogP) is 1.20. The number of nitrogens with zero attached hydrogens (tertiary/aromatic N) is 4. The van der Waals surface area contributed by atoms with Crippen LogP contribution < -0.4 is 0 Å². The molecule has 4 nitrogen and oxygen atoms in total. The van der Waals surface area contributed by atoms with Crippen molar-refractivity contribution in [2.45, 2.75) is 19.3 Å². The van der Waals surface area contributed by atoms with Crippen molar-refractivity contribution in [2.75, 3.05) is 19.6 Å². The third-order valence-electron chi connectivity index (χ3n) is 3.34. The molecule has 2 rings (SSSR count). The molecule has 0 N–H and O–H groups in total. The summed E-state index contributed by atoms with van der Waals surface area (Å²) in [4.78, 5) is 6.75. The van der Waals surface area contributed by atoms with Gasteiger partial charge in [-0.05, 0) is 25.9 Å². The molecule has 0 bridgehead atoms. The lowest BCUT2D eigenvalue weighted by Gasteiger charge is -2.28. The second kappa shape index (κ2) is 5.13. The standard InChI is InChI=1S/C12H18N4/c1-15-9-5-14-12(15)4-8-16-6-2-11(10-13)3-7-16/h5,9,11H,2-4,6-8H2,1H3. The molecule has 1 saturated heterocycles. The minimum Gasteiger partial charge on any atom is -0.338 e. The maximum atomic E-state index is 8.81. The molecular formula is C12H18N4. The normalized spacial score (nSPS) is 18.5. The van der Waals surface area contributed by atoms with Crippen LogP contribution >= 0.6 is 0 Å². The fourth-order valence-electron chi connectivity index (χ4n) is 2.18. The van der Waals surface area contributed by atoms with Gasteiger partial charge >= 0.3 is 0 Å². The van der Waals surface area contributed by atoms with Crippen LogP contribution in [0.3, 0.4) is 0 Å². The monoisotopic (exact) mass is 218 g/mol. The highest BCUT2D eigenvalue weighted by Crippen LogP contribution is 2.16. The zero-order valence-electron chi connectivity index (χ0n) is 9.76. The van der Waals surface area contributed by atoms with Gasteiger partial charge in [0.2, 0.25) is 0 Å². The third kappa shape index (κ3) is 2.61. The zero-order valence-corrected chi connectivity index (χ0v) is 9.76. The number of aromatic nitrogens is 2. The molecule has 0 amide bonds. The molecule has 0 atom stereocenters. The number of imidazole rings is 1. The Labute approximate surface area is 96.5 Å². The van der Waals surface area contributed by atoms with E-state index in [1.165, 1.54) is 0 Å². The Kier molecular flexibility index (Phi) is 3.58. The minimum atomic E-state index is 0.282. The summed E-state index contributed by atoms with van der Waals surface area (Å²) >= 11 is 0. The van der Waals surface area contributed by atoms with Crippen LogP contribution in [0.2, 0.25) is 0 Å². The van der Waals surface area contributed by atoms with Crippen LogP contribution in [0.5, 0.6) is 0 Å². The van der Waals surface area contributed by atoms with Crippen LogP contribution in [-0.2, 0) is 13.5 Å². The lowest BCUT2D eigenvalue weighted by atomic mass is 9.98. The largest absolute Gasteiger partial charge is 0.338 e. The van der Waals surface area contributed by atoms with Gasteiger partial charge in [-0.2, -0.15) is 5.26 Å². The van der Waals surface area contributed by atoms with Gasteiger partial charge in [-0.1, -0.05) is 0 Å². The number of likely N-dealkylation sites (tertiary alicyclic amines) is 1. The Balaban J connectivity index is 1.76. The molecule has 4 heteroatoms. The fraction of sp³-hybridized carbons (Fsp3) is 0.667. The van der Waals surface area contributed by atoms with Gasteiger partial charge in [0, 0.05) is 38.3 Å². The second-order valence-corrected chi connectivity index (χ2v) is 4.45. The Bertz CT molecular complexity index is 369. The molecule has 1 aliphatic rings. The highest BCUT2D eigenvalue weighted by Gasteiger charge is 2.18. The summed E-state index contributed by atoms with van der Waals surface area (Å²) in [5.41, 5.74) is 0. The van der Waals surface area contributed by atoms with Crippen LogP contribution in [0.1, 0.15) is 18.7 Å². The van der Waals surface area contributed by atoms with E-state index in [0.29, 0.717) is 0 Å². The molecule has 0 spiro atoms. The van der Waals surface area contributed by atoms with Gasteiger partial charge in [0.25, 0.3) is 0 Å². The van der Waals surface area contributed by atoms with E-state index >= 15 is 0 Å². The van der Waals surface area contributed by atoms with E-state index in [4.69, 9.17) is 5.26 Å². The van der Waals surface area contributed by atoms with Crippen molar-refractivity contribution in [1.29, 1.82) is 5.26 Å². The van der Waals surface area contributed by atoms with Crippen LogP contribution in [0, 0.1) is 17.2 Å². The summed E-state index contributed by atoms with van der Waals surface area (Å²) < 4.78 is 2.07. The number of piperidine rings is 1. The number of hydrogen-bond acceptors (Lipinski definition) is 3. The van der Waals surface area contributed by atoms with E-state index in [0.717, 1.165) is 44.7 Å². The summed E-state index contributed by atoms with van der Waals surface area (Å²) in [6.07, 6.45) is 6.88. The zero-order chi connectivity index (χ0) is 11.4. The van der Waals surface area contributed by atoms with Gasteiger partial charge < -0.3 is 9.47 Å². The van der Waals surface area contributed by atoms with Gasteiger partial charge in [0.1, 0.15) is 5.82 Å². The lowest BCUT2D eigenvalue weighted by molar-refractivity contribution is 0.206. The fourth-order valence-corrected chi connectivity index (χ4v) is 2.18. The van der Waals surface area contributed by atoms with Gasteiger partial charge in [0.15, 0.2) is 0 Å². The molecule has 86 valence electrons. The van der Waals surface area contributed by atoms with Gasteiger partial charge in [0.05, 0.1) is 6.07 Å². The molecule has 16 heavy (non-hydrogen) atoms. The van der Waals surface area contributed by atoms with Crippen LogP contribution in [0.25, 0.3) is 0 Å². The summed E-state index contributed by atoms with van der Waals surface area (Å²) in [5.74, 6) is 1.42. The molecule has 0 aliphatic carbocycles. The molecule has 0 radical (unpaired) electrons. The second-order valence-electron chi connectivity index (χ2n) is 4.45. The number of aryl methyl sites for hydroxylation is 1. The highest BCUT2D eigenvalue weighted by atomic mass is 15.1. The number of rotatable bonds is 3. The van der Waals surface area contributed by atoms with Gasteiger partial charge in [-0.3, -0.25) is 0 Å². The van der Waals surface area contributed by atoms with E-state index in [9.17, 15) is 0 Å². The van der Waals surface area contributed by atoms with Gasteiger partial charge in [-0.15, -0.1) is 0 Å². The Morgan fingerprint density at radius 1 is 1.50 bits per heavy atom. The average Bonchev–Trinajstić information content (AvgIpc) is 2.73. The van der Waals surface area contributed by atoms with Crippen molar-refractivity contribution in [3.8, 4) is 6.07 Å². The topological polar surface area (TPSA) is 44.9 Å². The van der Waals surface area contributed by atoms with Crippen LogP contribution in [0.4, 0.5) is 0 Å². The number of hydrogen-bond donors (Lipinski definition) is 0. The lowest BCUT2D eigenvalue weighted by Crippen LogP contribution is -2.35. The molecule has 0 unspecified atom stereocenters. The quantitative estimate of drug-likeness (QED) is 0.765. The Morgan fingerprint density at radius 2 is 2.25 bits per heavy atom. The highest BCUT2D eigenvalue weighted by molar-refractivity contribution is 4.93. The predicted molar refractivity (Wildman–Crippen MR) is 61.7 cm³/mol. The number of nitriles is 1. The van der Waals surface area contributed by atoms with Crippen molar-refractivity contribution >= 4 is 0 Å². The van der Waals surface area contributed by atoms with Crippen LogP contribution in [-0.4, -0.2) is 34.1 Å². The van der Waals surface area contributed by atoms with E-state index in [1.807, 2.05) is 19.4 Å². The third-order valence-corrected chi connectivity index (χ3v) is 3.34. The molecule has 0 aromatic carbocycles. The van der Waals surface area contributed by atoms with Crippen molar-refractivity contribution in [3.05, 3.63) is 18.2 Å². The maximum absolute atomic E-state index is 8.81. The molecule has 1 aromatic rings. The van der Waals surface area contributed by atoms with Crippen molar-refractivity contribution in [2.24, 2.45) is 13.0 Å². The smallest absolute Gasteiger partial charge is 0.109 e. The minimum absolute atomic E-state index is 0.282. The Morgan fingerprint density at radius 3 is 2.81 bits per heavy atom. The molecule has 0 saturated carbocycles. The van der Waals surface area contributed by atoms with Crippen molar-refractivity contribution < 1.29 is 0 Å². The average molecular weight is 218 g/mol. The van der Waals surface area contributed by atoms with E-state index in [2.05, 4.69) is 20.5 Å². The first-order valence-electron chi connectivity index (χ1n) is 5.88. The summed E-state index contributed by atoms with van der Waals surface area (Å²) in [6, 6.07) is 2.36. The van der Waals surface area contributed by atoms with Crippen molar-refractivity contribution in [3.63, 3.8) is 0 Å². The van der Waals surface area contributed by atoms with Crippen molar-refractivity contribution in [1.82, 2.24) is 14.5 Å². The first-order chi connectivity index (χ1) is 7.79. The first-order valence-corrected chi connectivity index (χ1v) is 5.88.